The number of carbonyl (C=O) groups is 7. The molecule has 338 valence electrons. The van der Waals surface area contributed by atoms with Crippen molar-refractivity contribution in [2.75, 3.05) is 75.1 Å². The molecule has 2 aromatic carbocycles. The number of fused-ring (bicyclic) bond motifs is 1. The number of urea groups is 1. The highest BCUT2D eigenvalue weighted by Crippen LogP contribution is 2.37. The van der Waals surface area contributed by atoms with Crippen LogP contribution in [0.2, 0.25) is 0 Å². The standard InChI is InChI=1S/C45H55N11O8/c1-45(28-8-10-29(11-9-28)48-41-39(40(46)60)47-25-35(50-41)54-18-4-5-30(26-54)55-22-21-52(2)44(55)63)16-19-53(20-17-45)38(59)15-24-64-23-14-37(58)49-33-7-3-6-31-32(33)27-56(43(31)62)34-12-13-36(57)51-42(34)61/h3,6-11,25,30,34H,4-5,12-24,26-27H2,1-2H3,(H2,46,60)(H,48,50)(H,49,58)(H,51,57,61). The van der Waals surface area contributed by atoms with Crippen molar-refractivity contribution in [1.82, 2.24) is 34.9 Å². The molecule has 5 aliphatic heterocycles. The number of likely N-dealkylation sites (N-methyl/N-ethyl adjacent to an activating group) is 1. The Balaban J connectivity index is 0.776. The Morgan fingerprint density at radius 3 is 2.42 bits per heavy atom. The summed E-state index contributed by atoms with van der Waals surface area (Å²) in [5.41, 5.74) is 8.92. The molecule has 0 aliphatic carbocycles. The molecule has 5 N–H and O–H groups in total. The van der Waals surface area contributed by atoms with Gasteiger partial charge in [0, 0.05) is 81.8 Å². The largest absolute Gasteiger partial charge is 0.380 e. The average molecular weight is 878 g/mol. The number of anilines is 4. The van der Waals surface area contributed by atoms with Gasteiger partial charge in [-0.15, -0.1) is 0 Å². The third-order valence-electron chi connectivity index (χ3n) is 13.3. The number of nitrogens with two attached hydrogens (primary N) is 1. The zero-order chi connectivity index (χ0) is 45.1. The number of ether oxygens (including phenoxy) is 1. The Bertz CT molecular complexity index is 2330. The molecule has 8 rings (SSSR count). The van der Waals surface area contributed by atoms with E-state index in [0.29, 0.717) is 61.0 Å². The molecule has 4 saturated heterocycles. The van der Waals surface area contributed by atoms with Crippen molar-refractivity contribution in [3.63, 3.8) is 0 Å². The number of carbonyl (C=O) groups excluding carboxylic acids is 7. The van der Waals surface area contributed by atoms with Crippen LogP contribution in [0.15, 0.2) is 48.7 Å². The van der Waals surface area contributed by atoms with Crippen LogP contribution < -0.4 is 26.6 Å². The minimum absolute atomic E-state index is 0.0121. The zero-order valence-electron chi connectivity index (χ0n) is 36.3. The highest BCUT2D eigenvalue weighted by atomic mass is 16.5. The second-order valence-corrected chi connectivity index (χ2v) is 17.5. The van der Waals surface area contributed by atoms with Crippen molar-refractivity contribution in [3.05, 3.63) is 71.0 Å². The molecule has 0 radical (unpaired) electrons. The van der Waals surface area contributed by atoms with Gasteiger partial charge in [0.2, 0.25) is 23.6 Å². The first-order valence-corrected chi connectivity index (χ1v) is 22.0. The number of amides is 8. The Kier molecular flexibility index (Phi) is 12.8. The number of nitrogens with one attached hydrogen (secondary N) is 3. The number of primary amides is 1. The van der Waals surface area contributed by atoms with E-state index in [0.717, 1.165) is 37.8 Å². The van der Waals surface area contributed by atoms with Crippen molar-refractivity contribution in [2.24, 2.45) is 5.73 Å². The lowest BCUT2D eigenvalue weighted by atomic mass is 9.74. The second-order valence-electron chi connectivity index (χ2n) is 17.5. The molecule has 0 spiro atoms. The van der Waals surface area contributed by atoms with Gasteiger partial charge in [-0.3, -0.25) is 34.1 Å². The van der Waals surface area contributed by atoms with Gasteiger partial charge < -0.3 is 45.6 Å². The van der Waals surface area contributed by atoms with E-state index in [-0.39, 0.29) is 98.1 Å². The van der Waals surface area contributed by atoms with E-state index in [1.807, 2.05) is 41.1 Å². The smallest absolute Gasteiger partial charge is 0.320 e. The van der Waals surface area contributed by atoms with Crippen LogP contribution in [-0.2, 0) is 35.9 Å². The summed E-state index contributed by atoms with van der Waals surface area (Å²) in [5.74, 6) is -1.33. The fourth-order valence-corrected chi connectivity index (χ4v) is 9.35. The van der Waals surface area contributed by atoms with Gasteiger partial charge in [0.25, 0.3) is 11.8 Å². The number of hydrogen-bond acceptors (Lipinski definition) is 12. The maximum atomic E-state index is 13.1. The molecule has 2 unspecified atom stereocenters. The number of piperidine rings is 3. The Morgan fingerprint density at radius 1 is 0.938 bits per heavy atom. The lowest BCUT2D eigenvalue weighted by molar-refractivity contribution is -0.137. The van der Waals surface area contributed by atoms with E-state index in [1.54, 1.807) is 29.3 Å². The quantitative estimate of drug-likeness (QED) is 0.135. The monoisotopic (exact) mass is 877 g/mol. The van der Waals surface area contributed by atoms with Crippen LogP contribution in [0.5, 0.6) is 0 Å². The minimum Gasteiger partial charge on any atom is -0.380 e. The number of rotatable bonds is 14. The van der Waals surface area contributed by atoms with Crippen LogP contribution in [-0.4, -0.2) is 143 Å². The Morgan fingerprint density at radius 2 is 1.70 bits per heavy atom. The van der Waals surface area contributed by atoms with E-state index in [4.69, 9.17) is 15.5 Å². The molecule has 0 bridgehead atoms. The summed E-state index contributed by atoms with van der Waals surface area (Å²) < 4.78 is 5.68. The summed E-state index contributed by atoms with van der Waals surface area (Å²) in [4.78, 5) is 106. The molecule has 2 atom stereocenters. The lowest BCUT2D eigenvalue weighted by Crippen LogP contribution is -2.52. The summed E-state index contributed by atoms with van der Waals surface area (Å²) in [6, 6.07) is 12.4. The van der Waals surface area contributed by atoms with Crippen molar-refractivity contribution < 1.29 is 38.3 Å². The Hall–Kier alpha value is -6.63. The normalized spacial score (nSPS) is 20.9. The highest BCUT2D eigenvalue weighted by Gasteiger charge is 2.40. The molecule has 6 heterocycles. The third kappa shape index (κ3) is 9.34. The Labute approximate surface area is 371 Å². The van der Waals surface area contributed by atoms with E-state index < -0.39 is 17.9 Å². The first kappa shape index (κ1) is 44.0. The van der Waals surface area contributed by atoms with Crippen LogP contribution in [0, 0.1) is 0 Å². The zero-order valence-corrected chi connectivity index (χ0v) is 36.3. The van der Waals surface area contributed by atoms with Crippen molar-refractivity contribution in [3.8, 4) is 0 Å². The molecular weight excluding hydrogens is 823 g/mol. The summed E-state index contributed by atoms with van der Waals surface area (Å²) in [5, 5.41) is 8.40. The first-order chi connectivity index (χ1) is 30.8. The number of nitrogens with zero attached hydrogens (tertiary/aromatic N) is 7. The van der Waals surface area contributed by atoms with E-state index in [1.165, 1.54) is 4.90 Å². The number of aromatic nitrogens is 2. The van der Waals surface area contributed by atoms with Crippen LogP contribution in [0.3, 0.4) is 0 Å². The molecule has 19 nitrogen and oxygen atoms in total. The number of hydrogen-bond donors (Lipinski definition) is 4. The van der Waals surface area contributed by atoms with Gasteiger partial charge >= 0.3 is 6.03 Å². The second kappa shape index (κ2) is 18.6. The molecule has 5 aliphatic rings. The molecule has 64 heavy (non-hydrogen) atoms. The number of likely N-dealkylation sites (tertiary alicyclic amines) is 1. The highest BCUT2D eigenvalue weighted by molar-refractivity contribution is 6.07. The number of benzene rings is 2. The summed E-state index contributed by atoms with van der Waals surface area (Å²) in [6.07, 6.45) is 5.54. The fraction of sp³-hybridized carbons (Fsp3) is 0.489. The number of imide groups is 1. The van der Waals surface area contributed by atoms with Crippen molar-refractivity contribution >= 4 is 64.5 Å². The van der Waals surface area contributed by atoms with Crippen LogP contribution in [0.4, 0.5) is 27.8 Å². The van der Waals surface area contributed by atoms with Crippen LogP contribution in [0.25, 0.3) is 0 Å². The van der Waals surface area contributed by atoms with Crippen LogP contribution >= 0.6 is 0 Å². The van der Waals surface area contributed by atoms with Crippen LogP contribution in [0.1, 0.15) is 90.3 Å². The minimum atomic E-state index is -0.750. The maximum Gasteiger partial charge on any atom is 0.320 e. The summed E-state index contributed by atoms with van der Waals surface area (Å²) in [6.45, 7) is 6.59. The van der Waals surface area contributed by atoms with Gasteiger partial charge in [0.05, 0.1) is 38.3 Å². The SMILES string of the molecule is CN1CCN(C2CCCN(c3cnc(C(N)=O)c(Nc4ccc(C5(C)CCN(C(=O)CCOCCC(=O)Nc6cccc7c6CN(C6CCC(=O)NC6=O)C7=O)CC5)cc4)n3)C2)C1=O. The third-order valence-corrected chi connectivity index (χ3v) is 13.3. The van der Waals surface area contributed by atoms with Gasteiger partial charge in [0.1, 0.15) is 11.9 Å². The summed E-state index contributed by atoms with van der Waals surface area (Å²) in [7, 11) is 1.82. The van der Waals surface area contributed by atoms with Gasteiger partial charge in [-0.2, -0.15) is 0 Å². The van der Waals surface area contributed by atoms with Crippen molar-refractivity contribution in [2.45, 2.75) is 82.3 Å². The molecule has 3 aromatic rings. The molecule has 4 fully saturated rings. The molecular formula is C45H55N11O8. The van der Waals surface area contributed by atoms with E-state index >= 15 is 0 Å². The van der Waals surface area contributed by atoms with Gasteiger partial charge in [-0.05, 0) is 67.3 Å². The van der Waals surface area contributed by atoms with Crippen molar-refractivity contribution in [1.29, 1.82) is 0 Å². The summed E-state index contributed by atoms with van der Waals surface area (Å²) >= 11 is 0. The topological polar surface area (TPSA) is 233 Å². The van der Waals surface area contributed by atoms with Gasteiger partial charge in [-0.25, -0.2) is 14.8 Å². The van der Waals surface area contributed by atoms with Gasteiger partial charge in [0.15, 0.2) is 11.5 Å². The average Bonchev–Trinajstić information content (AvgIpc) is 3.81. The van der Waals surface area contributed by atoms with E-state index in [2.05, 4.69) is 32.8 Å². The lowest BCUT2D eigenvalue weighted by Gasteiger charge is -2.40. The van der Waals surface area contributed by atoms with Gasteiger partial charge in [-0.1, -0.05) is 25.1 Å². The van der Waals surface area contributed by atoms with E-state index in [9.17, 15) is 33.6 Å². The molecule has 8 amide bonds. The predicted molar refractivity (Wildman–Crippen MR) is 235 cm³/mol. The maximum absolute atomic E-state index is 13.1. The molecule has 1 aromatic heterocycles. The predicted octanol–water partition coefficient (Wildman–Crippen LogP) is 2.73. The molecule has 19 heteroatoms. The fourth-order valence-electron chi connectivity index (χ4n) is 9.35. The first-order valence-electron chi connectivity index (χ1n) is 22.0. The molecule has 0 saturated carbocycles.